The van der Waals surface area contributed by atoms with Gasteiger partial charge in [-0.3, -0.25) is 24.1 Å². The molecule has 0 aliphatic carbocycles. The van der Waals surface area contributed by atoms with Gasteiger partial charge in [0.2, 0.25) is 0 Å². The van der Waals surface area contributed by atoms with Crippen LogP contribution in [-0.2, 0) is 13.0 Å². The summed E-state index contributed by atoms with van der Waals surface area (Å²) in [5, 5.41) is 14.3. The Hall–Kier alpha value is -5.12. The molecule has 36 heavy (non-hydrogen) atoms. The van der Waals surface area contributed by atoms with Crippen molar-refractivity contribution in [1.29, 1.82) is 0 Å². The molecule has 4 heterocycles. The lowest BCUT2D eigenvalue weighted by Gasteiger charge is -2.04. The lowest BCUT2D eigenvalue weighted by Crippen LogP contribution is -2.27. The van der Waals surface area contributed by atoms with Crippen LogP contribution in [-0.4, -0.2) is 29.6 Å². The van der Waals surface area contributed by atoms with Gasteiger partial charge < -0.3 is 9.72 Å². The smallest absolute Gasteiger partial charge is 0.270 e. The van der Waals surface area contributed by atoms with Gasteiger partial charge in [-0.15, -0.1) is 0 Å². The number of carbonyl (C=O) groups excluding carboxylic acids is 1. The first kappa shape index (κ1) is 22.7. The first-order chi connectivity index (χ1) is 17.5. The molecule has 0 atom stereocenters. The van der Waals surface area contributed by atoms with Crippen LogP contribution < -0.4 is 10.9 Å². The number of hydrogen-bond donors (Lipinski definition) is 1. The molecule has 0 aliphatic rings. The van der Waals surface area contributed by atoms with Crippen LogP contribution in [0.25, 0.3) is 17.4 Å². The molecule has 10 nitrogen and oxygen atoms in total. The number of imidazole rings is 1. The van der Waals surface area contributed by atoms with Gasteiger partial charge in [0.25, 0.3) is 17.2 Å². The SMILES string of the molecule is O=C(NCc1cn2cc(/C=C(\Cc3ccccc3)[N+](=O)[O-])ccc2n1)c1cc(=O)n2ccccc2n1. The Kier molecular flexibility index (Phi) is 6.06. The molecule has 1 aromatic carbocycles. The van der Waals surface area contributed by atoms with E-state index in [1.54, 1.807) is 53.3 Å². The number of rotatable bonds is 7. The van der Waals surface area contributed by atoms with Gasteiger partial charge in [0.1, 0.15) is 17.0 Å². The molecule has 0 spiro atoms. The second kappa shape index (κ2) is 9.63. The second-order valence-corrected chi connectivity index (χ2v) is 8.11. The minimum atomic E-state index is -0.490. The van der Waals surface area contributed by atoms with Crippen molar-refractivity contribution >= 4 is 23.3 Å². The van der Waals surface area contributed by atoms with E-state index in [1.807, 2.05) is 30.3 Å². The van der Waals surface area contributed by atoms with Crippen LogP contribution >= 0.6 is 0 Å². The number of pyridine rings is 2. The molecule has 0 aliphatic heterocycles. The third-order valence-corrected chi connectivity index (χ3v) is 5.55. The summed E-state index contributed by atoms with van der Waals surface area (Å²) in [7, 11) is 0. The standard InChI is InChI=1S/C26H20N6O4/c33-25-14-22(29-24-8-4-5-11-31(24)25)26(34)27-15-20-17-30-16-19(9-10-23(30)28-20)13-21(32(35)36)12-18-6-2-1-3-7-18/h1-11,13-14,16-17H,12,15H2,(H,27,34)/b21-13+. The fourth-order valence-corrected chi connectivity index (χ4v) is 3.83. The molecule has 5 rings (SSSR count). The molecule has 0 saturated heterocycles. The highest BCUT2D eigenvalue weighted by atomic mass is 16.6. The number of hydrogen-bond acceptors (Lipinski definition) is 6. The van der Waals surface area contributed by atoms with Crippen molar-refractivity contribution in [3.05, 3.63) is 134 Å². The number of nitrogens with one attached hydrogen (secondary N) is 1. The summed E-state index contributed by atoms with van der Waals surface area (Å²) in [5.74, 6) is -0.490. The largest absolute Gasteiger partial charge is 0.345 e. The van der Waals surface area contributed by atoms with Gasteiger partial charge in [-0.2, -0.15) is 0 Å². The molecular formula is C26H20N6O4. The molecule has 1 amide bonds. The lowest BCUT2D eigenvalue weighted by atomic mass is 10.1. The lowest BCUT2D eigenvalue weighted by molar-refractivity contribution is -0.425. The predicted molar refractivity (Wildman–Crippen MR) is 133 cm³/mol. The van der Waals surface area contributed by atoms with Crippen molar-refractivity contribution in [2.24, 2.45) is 0 Å². The minimum Gasteiger partial charge on any atom is -0.345 e. The van der Waals surface area contributed by atoms with E-state index in [1.165, 1.54) is 16.5 Å². The molecule has 0 fully saturated rings. The number of benzene rings is 1. The summed E-state index contributed by atoms with van der Waals surface area (Å²) in [4.78, 5) is 44.7. The summed E-state index contributed by atoms with van der Waals surface area (Å²) in [5.41, 5.74) is 2.85. The van der Waals surface area contributed by atoms with E-state index in [0.29, 0.717) is 22.6 Å². The number of allylic oxidation sites excluding steroid dienone is 1. The van der Waals surface area contributed by atoms with Gasteiger partial charge in [0, 0.05) is 30.7 Å². The van der Waals surface area contributed by atoms with Crippen molar-refractivity contribution in [1.82, 2.24) is 24.1 Å². The maximum atomic E-state index is 12.6. The zero-order valence-electron chi connectivity index (χ0n) is 18.9. The first-order valence-corrected chi connectivity index (χ1v) is 11.1. The molecule has 5 aromatic rings. The van der Waals surface area contributed by atoms with Crippen LogP contribution in [0.15, 0.2) is 95.8 Å². The quantitative estimate of drug-likeness (QED) is 0.282. The third kappa shape index (κ3) is 4.87. The van der Waals surface area contributed by atoms with Crippen LogP contribution in [0, 0.1) is 10.1 Å². The second-order valence-electron chi connectivity index (χ2n) is 8.11. The van der Waals surface area contributed by atoms with Crippen molar-refractivity contribution in [2.45, 2.75) is 13.0 Å². The number of nitro groups is 1. The molecule has 0 unspecified atom stereocenters. The van der Waals surface area contributed by atoms with Crippen molar-refractivity contribution in [3.8, 4) is 0 Å². The Morgan fingerprint density at radius 3 is 2.61 bits per heavy atom. The Labute approximate surface area is 204 Å². The summed E-state index contributed by atoms with van der Waals surface area (Å²) in [6, 6.07) is 19.0. The predicted octanol–water partition coefficient (Wildman–Crippen LogP) is 3.13. The fraction of sp³-hybridized carbons (Fsp3) is 0.0769. The van der Waals surface area contributed by atoms with Gasteiger partial charge in [0.05, 0.1) is 23.6 Å². The summed E-state index contributed by atoms with van der Waals surface area (Å²) >= 11 is 0. The highest BCUT2D eigenvalue weighted by Crippen LogP contribution is 2.15. The summed E-state index contributed by atoms with van der Waals surface area (Å²) in [6.07, 6.45) is 6.81. The number of amides is 1. The monoisotopic (exact) mass is 480 g/mol. The molecule has 1 N–H and O–H groups in total. The number of aromatic nitrogens is 4. The van der Waals surface area contributed by atoms with Crippen LogP contribution in [0.2, 0.25) is 0 Å². The third-order valence-electron chi connectivity index (χ3n) is 5.55. The molecule has 0 bridgehead atoms. The van der Waals surface area contributed by atoms with E-state index in [4.69, 9.17) is 0 Å². The highest BCUT2D eigenvalue weighted by molar-refractivity contribution is 5.92. The zero-order chi connectivity index (χ0) is 25.1. The maximum absolute atomic E-state index is 12.6. The van der Waals surface area contributed by atoms with Gasteiger partial charge in [-0.1, -0.05) is 36.4 Å². The molecule has 0 saturated carbocycles. The van der Waals surface area contributed by atoms with E-state index < -0.39 is 5.91 Å². The van der Waals surface area contributed by atoms with Gasteiger partial charge in [-0.25, -0.2) is 9.97 Å². The average molecular weight is 480 g/mol. The average Bonchev–Trinajstić information content (AvgIpc) is 3.29. The number of nitrogens with zero attached hydrogens (tertiary/aromatic N) is 5. The van der Waals surface area contributed by atoms with Gasteiger partial charge >= 0.3 is 0 Å². The molecule has 178 valence electrons. The van der Waals surface area contributed by atoms with Crippen molar-refractivity contribution < 1.29 is 9.72 Å². The van der Waals surface area contributed by atoms with Crippen molar-refractivity contribution in [3.63, 3.8) is 0 Å². The molecule has 0 radical (unpaired) electrons. The highest BCUT2D eigenvalue weighted by Gasteiger charge is 2.14. The molecular weight excluding hydrogens is 460 g/mol. The van der Waals surface area contributed by atoms with Crippen molar-refractivity contribution in [2.75, 3.05) is 0 Å². The Morgan fingerprint density at radius 1 is 1.00 bits per heavy atom. The minimum absolute atomic E-state index is 0.0214. The van der Waals surface area contributed by atoms with E-state index in [2.05, 4.69) is 15.3 Å². The normalized spacial score (nSPS) is 11.6. The van der Waals surface area contributed by atoms with Crippen LogP contribution in [0.5, 0.6) is 0 Å². The molecule has 4 aromatic heterocycles. The van der Waals surface area contributed by atoms with E-state index in [9.17, 15) is 19.7 Å². The fourth-order valence-electron chi connectivity index (χ4n) is 3.83. The number of fused-ring (bicyclic) bond motifs is 2. The van der Waals surface area contributed by atoms with Gasteiger partial charge in [-0.05, 0) is 35.4 Å². The Balaban J connectivity index is 1.32. The van der Waals surface area contributed by atoms with E-state index >= 15 is 0 Å². The zero-order valence-corrected chi connectivity index (χ0v) is 18.9. The maximum Gasteiger partial charge on any atom is 0.270 e. The first-order valence-electron chi connectivity index (χ1n) is 11.1. The van der Waals surface area contributed by atoms with E-state index in [0.717, 1.165) is 5.56 Å². The van der Waals surface area contributed by atoms with Gasteiger partial charge in [0.15, 0.2) is 0 Å². The Bertz CT molecular complexity index is 1690. The van der Waals surface area contributed by atoms with E-state index in [-0.39, 0.29) is 34.8 Å². The van der Waals surface area contributed by atoms with Crippen LogP contribution in [0.1, 0.15) is 27.3 Å². The number of carbonyl (C=O) groups is 1. The molecule has 10 heteroatoms. The Morgan fingerprint density at radius 2 is 1.81 bits per heavy atom. The van der Waals surface area contributed by atoms with Crippen LogP contribution in [0.3, 0.4) is 0 Å². The topological polar surface area (TPSA) is 124 Å². The van der Waals surface area contributed by atoms with Crippen LogP contribution in [0.4, 0.5) is 0 Å². The summed E-state index contributed by atoms with van der Waals surface area (Å²) in [6.45, 7) is 0.121. The summed E-state index contributed by atoms with van der Waals surface area (Å²) < 4.78 is 3.10.